The number of benzene rings is 1. The summed E-state index contributed by atoms with van der Waals surface area (Å²) in [5, 5.41) is 0. The van der Waals surface area contributed by atoms with Crippen molar-refractivity contribution in [1.29, 1.82) is 0 Å². The molecule has 0 spiro atoms. The molecule has 0 aliphatic carbocycles. The van der Waals surface area contributed by atoms with Crippen molar-refractivity contribution in [3.8, 4) is 0 Å². The quantitative estimate of drug-likeness (QED) is 0.786. The van der Waals surface area contributed by atoms with Gasteiger partial charge in [0.1, 0.15) is 0 Å². The molecule has 2 rings (SSSR count). The van der Waals surface area contributed by atoms with Crippen LogP contribution in [0.2, 0.25) is 0 Å². The molecule has 3 heteroatoms. The molecule has 1 amide bonds. The highest BCUT2D eigenvalue weighted by Gasteiger charge is 2.27. The average Bonchev–Trinajstić information content (AvgIpc) is 2.47. The first-order valence-electron chi connectivity index (χ1n) is 7.53. The number of carbonyl (C=O) groups excluding carboxylic acids is 2. The average molecular weight is 273 g/mol. The molecular weight excluding hydrogens is 250 g/mol. The van der Waals surface area contributed by atoms with Crippen molar-refractivity contribution in [3.63, 3.8) is 0 Å². The number of anilines is 1. The first-order chi connectivity index (χ1) is 9.58. The van der Waals surface area contributed by atoms with Gasteiger partial charge in [-0.2, -0.15) is 0 Å². The minimum atomic E-state index is 0.0494. The lowest BCUT2D eigenvalue weighted by Gasteiger charge is -2.32. The van der Waals surface area contributed by atoms with E-state index in [1.165, 1.54) is 5.56 Å². The Balaban J connectivity index is 2.37. The summed E-state index contributed by atoms with van der Waals surface area (Å²) in [6.45, 7) is 6.45. The Labute approximate surface area is 121 Å². The van der Waals surface area contributed by atoms with Gasteiger partial charge in [-0.3, -0.25) is 9.59 Å². The zero-order valence-corrected chi connectivity index (χ0v) is 12.6. The Morgan fingerprint density at radius 3 is 2.55 bits per heavy atom. The second-order valence-corrected chi connectivity index (χ2v) is 5.51. The standard InChI is InChI=1S/C17H23NO2/c1-4-13(5-2)17(20)18-10-6-7-14-8-9-15(12(3)19)11-16(14)18/h8-9,11,13H,4-7,10H2,1-3H3. The van der Waals surface area contributed by atoms with Crippen molar-refractivity contribution >= 4 is 17.4 Å². The van der Waals surface area contributed by atoms with Gasteiger partial charge in [-0.05, 0) is 44.2 Å². The second kappa shape index (κ2) is 6.21. The number of aryl methyl sites for hydroxylation is 1. The highest BCUT2D eigenvalue weighted by molar-refractivity contribution is 5.99. The predicted octanol–water partition coefficient (Wildman–Crippen LogP) is 3.60. The Kier molecular flexibility index (Phi) is 4.58. The van der Waals surface area contributed by atoms with Crippen molar-refractivity contribution in [1.82, 2.24) is 0 Å². The van der Waals surface area contributed by atoms with E-state index in [2.05, 4.69) is 13.8 Å². The van der Waals surface area contributed by atoms with Gasteiger partial charge in [0, 0.05) is 23.7 Å². The number of fused-ring (bicyclic) bond motifs is 1. The minimum absolute atomic E-state index is 0.0494. The summed E-state index contributed by atoms with van der Waals surface area (Å²) in [6.07, 6.45) is 3.72. The number of hydrogen-bond acceptors (Lipinski definition) is 2. The Bertz CT molecular complexity index is 518. The number of rotatable bonds is 4. The lowest BCUT2D eigenvalue weighted by atomic mass is 9.95. The largest absolute Gasteiger partial charge is 0.312 e. The predicted molar refractivity (Wildman–Crippen MR) is 81.2 cm³/mol. The van der Waals surface area contributed by atoms with Gasteiger partial charge in [0.15, 0.2) is 5.78 Å². The fourth-order valence-electron chi connectivity index (χ4n) is 2.88. The maximum atomic E-state index is 12.6. The topological polar surface area (TPSA) is 37.4 Å². The van der Waals surface area contributed by atoms with E-state index in [0.29, 0.717) is 5.56 Å². The number of ketones is 1. The normalized spacial score (nSPS) is 14.3. The molecule has 3 nitrogen and oxygen atoms in total. The fourth-order valence-corrected chi connectivity index (χ4v) is 2.88. The number of carbonyl (C=O) groups is 2. The molecule has 0 atom stereocenters. The summed E-state index contributed by atoms with van der Waals surface area (Å²) >= 11 is 0. The van der Waals surface area contributed by atoms with Crippen LogP contribution in [-0.2, 0) is 11.2 Å². The lowest BCUT2D eigenvalue weighted by molar-refractivity contribution is -0.122. The van der Waals surface area contributed by atoms with E-state index in [0.717, 1.165) is 37.9 Å². The molecule has 0 fully saturated rings. The number of nitrogens with zero attached hydrogens (tertiary/aromatic N) is 1. The molecule has 0 radical (unpaired) electrons. The molecule has 1 aromatic carbocycles. The summed E-state index contributed by atoms with van der Waals surface area (Å²) in [4.78, 5) is 26.1. The van der Waals surface area contributed by atoms with Gasteiger partial charge in [-0.15, -0.1) is 0 Å². The summed E-state index contributed by atoms with van der Waals surface area (Å²) in [7, 11) is 0. The van der Waals surface area contributed by atoms with Crippen LogP contribution in [0.25, 0.3) is 0 Å². The smallest absolute Gasteiger partial charge is 0.230 e. The Hall–Kier alpha value is -1.64. The summed E-state index contributed by atoms with van der Waals surface area (Å²) in [5.41, 5.74) is 2.81. The fraction of sp³-hybridized carbons (Fsp3) is 0.529. The monoisotopic (exact) mass is 273 g/mol. The minimum Gasteiger partial charge on any atom is -0.312 e. The molecule has 1 aliphatic heterocycles. The van der Waals surface area contributed by atoms with Crippen LogP contribution < -0.4 is 4.90 Å². The van der Waals surface area contributed by atoms with Crippen LogP contribution in [0.5, 0.6) is 0 Å². The highest BCUT2D eigenvalue weighted by Crippen LogP contribution is 2.30. The van der Waals surface area contributed by atoms with Gasteiger partial charge in [-0.25, -0.2) is 0 Å². The van der Waals surface area contributed by atoms with Crippen LogP contribution in [0.4, 0.5) is 5.69 Å². The van der Waals surface area contributed by atoms with E-state index in [1.807, 2.05) is 23.1 Å². The maximum absolute atomic E-state index is 12.6. The third-order valence-electron chi connectivity index (χ3n) is 4.21. The van der Waals surface area contributed by atoms with Crippen LogP contribution in [0.15, 0.2) is 18.2 Å². The third-order valence-corrected chi connectivity index (χ3v) is 4.21. The molecule has 20 heavy (non-hydrogen) atoms. The van der Waals surface area contributed by atoms with Crippen LogP contribution in [0, 0.1) is 5.92 Å². The zero-order valence-electron chi connectivity index (χ0n) is 12.6. The van der Waals surface area contributed by atoms with Gasteiger partial charge in [0.25, 0.3) is 0 Å². The SMILES string of the molecule is CCC(CC)C(=O)N1CCCc2ccc(C(C)=O)cc21. The second-order valence-electron chi connectivity index (χ2n) is 5.51. The van der Waals surface area contributed by atoms with Crippen molar-refractivity contribution in [3.05, 3.63) is 29.3 Å². The molecule has 0 unspecified atom stereocenters. The maximum Gasteiger partial charge on any atom is 0.230 e. The molecule has 108 valence electrons. The summed E-state index contributed by atoms with van der Waals surface area (Å²) in [6, 6.07) is 5.75. The van der Waals surface area contributed by atoms with E-state index in [4.69, 9.17) is 0 Å². The molecular formula is C17H23NO2. The van der Waals surface area contributed by atoms with Gasteiger partial charge < -0.3 is 4.90 Å². The van der Waals surface area contributed by atoms with Gasteiger partial charge in [0.05, 0.1) is 0 Å². The molecule has 0 saturated heterocycles. The molecule has 1 aromatic rings. The molecule has 1 aliphatic rings. The van der Waals surface area contributed by atoms with E-state index >= 15 is 0 Å². The molecule has 0 aromatic heterocycles. The first-order valence-corrected chi connectivity index (χ1v) is 7.53. The van der Waals surface area contributed by atoms with Crippen molar-refractivity contribution in [2.24, 2.45) is 5.92 Å². The van der Waals surface area contributed by atoms with Crippen LogP contribution >= 0.6 is 0 Å². The van der Waals surface area contributed by atoms with Gasteiger partial charge in [-0.1, -0.05) is 26.0 Å². The zero-order chi connectivity index (χ0) is 14.7. The summed E-state index contributed by atoms with van der Waals surface area (Å²) < 4.78 is 0. The lowest BCUT2D eigenvalue weighted by Crippen LogP contribution is -2.39. The van der Waals surface area contributed by atoms with E-state index in [-0.39, 0.29) is 17.6 Å². The first kappa shape index (κ1) is 14.8. The van der Waals surface area contributed by atoms with Crippen LogP contribution in [0.3, 0.4) is 0 Å². The Morgan fingerprint density at radius 2 is 1.95 bits per heavy atom. The Morgan fingerprint density at radius 1 is 1.25 bits per heavy atom. The number of amides is 1. The van der Waals surface area contributed by atoms with Crippen LogP contribution in [0.1, 0.15) is 56.0 Å². The highest BCUT2D eigenvalue weighted by atomic mass is 16.2. The third kappa shape index (κ3) is 2.77. The van der Waals surface area contributed by atoms with Crippen molar-refractivity contribution < 1.29 is 9.59 Å². The van der Waals surface area contributed by atoms with Crippen molar-refractivity contribution in [2.75, 3.05) is 11.4 Å². The molecule has 0 N–H and O–H groups in total. The number of Topliss-reactive ketones (excluding diaryl/α,β-unsaturated/α-hetero) is 1. The molecule has 0 bridgehead atoms. The molecule has 0 saturated carbocycles. The van der Waals surface area contributed by atoms with Gasteiger partial charge in [0.2, 0.25) is 5.91 Å². The number of hydrogen-bond donors (Lipinski definition) is 0. The van der Waals surface area contributed by atoms with E-state index in [1.54, 1.807) is 6.92 Å². The molecule has 1 heterocycles. The van der Waals surface area contributed by atoms with Gasteiger partial charge >= 0.3 is 0 Å². The van der Waals surface area contributed by atoms with E-state index in [9.17, 15) is 9.59 Å². The van der Waals surface area contributed by atoms with E-state index < -0.39 is 0 Å². The van der Waals surface area contributed by atoms with Crippen molar-refractivity contribution in [2.45, 2.75) is 46.5 Å². The van der Waals surface area contributed by atoms with Crippen LogP contribution in [-0.4, -0.2) is 18.2 Å². The summed E-state index contributed by atoms with van der Waals surface area (Å²) in [5.74, 6) is 0.340.